The quantitative estimate of drug-likeness (QED) is 0.519. The van der Waals surface area contributed by atoms with E-state index in [2.05, 4.69) is 29.1 Å². The Kier molecular flexibility index (Phi) is 5.65. The summed E-state index contributed by atoms with van der Waals surface area (Å²) >= 11 is 0. The SMILES string of the molecule is [2H]C([2H])([2H])Oc1cc(C(C)O)ccc1OCCCN1CCC(c2noc3cc(C)ccc23)CC1. The van der Waals surface area contributed by atoms with Crippen LogP contribution >= 0.6 is 0 Å². The zero-order valence-corrected chi connectivity index (χ0v) is 18.1. The molecule has 0 radical (unpaired) electrons. The Bertz CT molecular complexity index is 1110. The van der Waals surface area contributed by atoms with Crippen molar-refractivity contribution >= 4 is 11.0 Å². The Hall–Kier alpha value is -2.57. The Morgan fingerprint density at radius 2 is 2.06 bits per heavy atom. The fraction of sp³-hybridized carbons (Fsp3) is 0.480. The number of hydrogen-bond donors (Lipinski definition) is 1. The summed E-state index contributed by atoms with van der Waals surface area (Å²) in [5.74, 6) is 0.894. The Morgan fingerprint density at radius 3 is 2.84 bits per heavy atom. The van der Waals surface area contributed by atoms with Crippen molar-refractivity contribution in [2.45, 2.75) is 45.1 Å². The van der Waals surface area contributed by atoms with E-state index >= 15 is 0 Å². The van der Waals surface area contributed by atoms with E-state index in [1.807, 2.05) is 6.07 Å². The second-order valence-corrected chi connectivity index (χ2v) is 8.37. The van der Waals surface area contributed by atoms with Crippen LogP contribution in [0.2, 0.25) is 0 Å². The molecule has 1 unspecified atom stereocenters. The van der Waals surface area contributed by atoms with Crippen LogP contribution in [0.5, 0.6) is 11.5 Å². The molecule has 3 aromatic rings. The molecule has 0 amide bonds. The van der Waals surface area contributed by atoms with E-state index < -0.39 is 13.1 Å². The second-order valence-electron chi connectivity index (χ2n) is 8.37. The molecule has 6 nitrogen and oxygen atoms in total. The largest absolute Gasteiger partial charge is 0.493 e. The summed E-state index contributed by atoms with van der Waals surface area (Å²) in [7, 11) is -2.59. The molecule has 0 aliphatic carbocycles. The maximum absolute atomic E-state index is 9.79. The molecule has 1 aliphatic rings. The van der Waals surface area contributed by atoms with E-state index in [0.29, 0.717) is 23.8 Å². The van der Waals surface area contributed by atoms with E-state index in [1.54, 1.807) is 19.1 Å². The molecule has 0 spiro atoms. The van der Waals surface area contributed by atoms with Crippen molar-refractivity contribution in [3.05, 3.63) is 53.2 Å². The lowest BCUT2D eigenvalue weighted by Gasteiger charge is -2.31. The molecular weight excluding hydrogens is 392 g/mol. The normalized spacial score (nSPS) is 18.4. The number of hydrogen-bond acceptors (Lipinski definition) is 6. The predicted molar refractivity (Wildman–Crippen MR) is 121 cm³/mol. The zero-order chi connectivity index (χ0) is 24.3. The molecule has 1 saturated heterocycles. The maximum atomic E-state index is 9.79. The number of aromatic nitrogens is 1. The summed E-state index contributed by atoms with van der Waals surface area (Å²) in [5.41, 5.74) is 3.67. The van der Waals surface area contributed by atoms with E-state index in [0.717, 1.165) is 55.6 Å². The molecule has 0 bridgehead atoms. The van der Waals surface area contributed by atoms with Crippen LogP contribution in [-0.2, 0) is 0 Å². The van der Waals surface area contributed by atoms with Crippen LogP contribution in [0.3, 0.4) is 0 Å². The topological polar surface area (TPSA) is 68.0 Å². The van der Waals surface area contributed by atoms with Gasteiger partial charge in [-0.1, -0.05) is 17.3 Å². The molecule has 2 aromatic carbocycles. The van der Waals surface area contributed by atoms with E-state index in [4.69, 9.17) is 18.1 Å². The van der Waals surface area contributed by atoms with Gasteiger partial charge in [0.1, 0.15) is 0 Å². The van der Waals surface area contributed by atoms with Crippen molar-refractivity contribution in [3.8, 4) is 11.5 Å². The first kappa shape index (κ1) is 18.0. The lowest BCUT2D eigenvalue weighted by molar-refractivity contribution is 0.188. The van der Waals surface area contributed by atoms with Crippen molar-refractivity contribution in [2.24, 2.45) is 0 Å². The summed E-state index contributed by atoms with van der Waals surface area (Å²) in [5, 5.41) is 15.3. The minimum atomic E-state index is -2.59. The number of aliphatic hydroxyl groups is 1. The molecular formula is C25H32N2O4. The number of likely N-dealkylation sites (tertiary alicyclic amines) is 1. The molecule has 4 rings (SSSR count). The monoisotopic (exact) mass is 427 g/mol. The Balaban J connectivity index is 1.26. The van der Waals surface area contributed by atoms with Gasteiger partial charge in [0.15, 0.2) is 17.1 Å². The van der Waals surface area contributed by atoms with Crippen LogP contribution in [0, 0.1) is 6.92 Å². The maximum Gasteiger partial charge on any atom is 0.167 e. The van der Waals surface area contributed by atoms with Crippen molar-refractivity contribution in [1.29, 1.82) is 0 Å². The van der Waals surface area contributed by atoms with Crippen LogP contribution in [-0.4, -0.2) is 48.4 Å². The van der Waals surface area contributed by atoms with Gasteiger partial charge in [0, 0.05) is 17.8 Å². The van der Waals surface area contributed by atoms with Crippen LogP contribution < -0.4 is 9.47 Å². The highest BCUT2D eigenvalue weighted by atomic mass is 16.5. The number of rotatable bonds is 8. The van der Waals surface area contributed by atoms with Crippen LogP contribution in [0.1, 0.15) is 59.1 Å². The molecule has 166 valence electrons. The number of aliphatic hydroxyl groups excluding tert-OH is 1. The molecule has 1 atom stereocenters. The summed E-state index contributed by atoms with van der Waals surface area (Å²) in [6, 6.07) is 11.1. The van der Waals surface area contributed by atoms with Gasteiger partial charge in [0.25, 0.3) is 0 Å². The highest BCUT2D eigenvalue weighted by molar-refractivity contribution is 5.80. The van der Waals surface area contributed by atoms with Gasteiger partial charge in [-0.3, -0.25) is 0 Å². The van der Waals surface area contributed by atoms with Gasteiger partial charge in [0.05, 0.1) is 29.6 Å². The fourth-order valence-corrected chi connectivity index (χ4v) is 4.24. The average Bonchev–Trinajstić information content (AvgIpc) is 3.19. The molecule has 0 saturated carbocycles. The van der Waals surface area contributed by atoms with Crippen molar-refractivity contribution in [3.63, 3.8) is 0 Å². The molecule has 1 aromatic heterocycles. The van der Waals surface area contributed by atoms with Crippen molar-refractivity contribution < 1.29 is 23.2 Å². The van der Waals surface area contributed by atoms with Gasteiger partial charge >= 0.3 is 0 Å². The number of benzene rings is 2. The molecule has 31 heavy (non-hydrogen) atoms. The number of piperidine rings is 1. The van der Waals surface area contributed by atoms with E-state index in [-0.39, 0.29) is 5.75 Å². The van der Waals surface area contributed by atoms with Crippen LogP contribution in [0.4, 0.5) is 0 Å². The summed E-state index contributed by atoms with van der Waals surface area (Å²) in [4.78, 5) is 2.42. The number of aryl methyl sites for hydroxylation is 1. The number of ether oxygens (including phenoxy) is 2. The van der Waals surface area contributed by atoms with Gasteiger partial charge in [-0.05, 0) is 81.6 Å². The first-order valence-corrected chi connectivity index (χ1v) is 10.9. The molecule has 1 N–H and O–H groups in total. The fourth-order valence-electron chi connectivity index (χ4n) is 4.24. The van der Waals surface area contributed by atoms with Gasteiger partial charge in [0.2, 0.25) is 0 Å². The van der Waals surface area contributed by atoms with Crippen molar-refractivity contribution in [2.75, 3.05) is 33.3 Å². The first-order valence-electron chi connectivity index (χ1n) is 12.4. The third kappa shape index (κ3) is 5.02. The predicted octanol–water partition coefficient (Wildman–Crippen LogP) is 4.85. The second kappa shape index (κ2) is 9.71. The number of nitrogens with zero attached hydrogens (tertiary/aromatic N) is 2. The van der Waals surface area contributed by atoms with Crippen LogP contribution in [0.25, 0.3) is 11.0 Å². The molecule has 1 aliphatic heterocycles. The smallest absolute Gasteiger partial charge is 0.167 e. The average molecular weight is 428 g/mol. The van der Waals surface area contributed by atoms with Crippen LogP contribution in [0.15, 0.2) is 40.9 Å². The standard InChI is InChI=1S/C25H32N2O4/c1-17-5-7-21-23(15-17)31-26-25(21)19-9-12-27(13-10-19)11-4-14-30-22-8-6-20(18(2)28)16-24(22)29-3/h5-8,15-16,18-19,28H,4,9-14H2,1-3H3/i3D3. The van der Waals surface area contributed by atoms with E-state index in [9.17, 15) is 5.11 Å². The highest BCUT2D eigenvalue weighted by Gasteiger charge is 2.24. The highest BCUT2D eigenvalue weighted by Crippen LogP contribution is 2.33. The lowest BCUT2D eigenvalue weighted by Crippen LogP contribution is -2.34. The summed E-state index contributed by atoms with van der Waals surface area (Å²) in [6.45, 7) is 6.98. The summed E-state index contributed by atoms with van der Waals surface area (Å²) < 4.78 is 38.7. The molecule has 2 heterocycles. The third-order valence-corrected chi connectivity index (χ3v) is 6.07. The first-order chi connectivity index (χ1) is 16.2. The van der Waals surface area contributed by atoms with Gasteiger partial charge in [-0.25, -0.2) is 0 Å². The van der Waals surface area contributed by atoms with Gasteiger partial charge in [-0.2, -0.15) is 0 Å². The van der Waals surface area contributed by atoms with Gasteiger partial charge in [-0.15, -0.1) is 0 Å². The summed E-state index contributed by atoms with van der Waals surface area (Å²) in [6.07, 6.45) is 2.15. The van der Waals surface area contributed by atoms with Gasteiger partial charge < -0.3 is 24.0 Å². The minimum Gasteiger partial charge on any atom is -0.493 e. The zero-order valence-electron chi connectivity index (χ0n) is 21.1. The Morgan fingerprint density at radius 1 is 1.23 bits per heavy atom. The number of fused-ring (bicyclic) bond motifs is 1. The van der Waals surface area contributed by atoms with Crippen molar-refractivity contribution in [1.82, 2.24) is 10.1 Å². The molecule has 6 heteroatoms. The Labute approximate surface area is 188 Å². The molecule has 1 fully saturated rings. The lowest BCUT2D eigenvalue weighted by atomic mass is 9.91. The third-order valence-electron chi connectivity index (χ3n) is 6.07. The minimum absolute atomic E-state index is 0.120. The van der Waals surface area contributed by atoms with E-state index in [1.165, 1.54) is 11.6 Å². The number of methoxy groups -OCH3 is 1.